The maximum absolute atomic E-state index is 3.52. The number of aryl methyl sites for hydroxylation is 2. The van der Waals surface area contributed by atoms with E-state index >= 15 is 0 Å². The average Bonchev–Trinajstić information content (AvgIpc) is 2.21. The Hall–Kier alpha value is -0.820. The highest BCUT2D eigenvalue weighted by Gasteiger charge is 2.07. The molecule has 0 saturated carbocycles. The molecule has 0 aliphatic rings. The molecule has 15 heavy (non-hydrogen) atoms. The molecule has 1 heteroatoms. The normalized spacial score (nSPS) is 12.8. The minimum absolute atomic E-state index is 0.622. The van der Waals surface area contributed by atoms with E-state index in [0.29, 0.717) is 6.04 Å². The first kappa shape index (κ1) is 12.3. The van der Waals surface area contributed by atoms with Gasteiger partial charge in [-0.25, -0.2) is 0 Å². The number of benzene rings is 1. The van der Waals surface area contributed by atoms with Crippen molar-refractivity contribution in [2.24, 2.45) is 0 Å². The molecule has 1 nitrogen and oxygen atoms in total. The molecule has 1 unspecified atom stereocenters. The first-order valence-electron chi connectivity index (χ1n) is 5.96. The van der Waals surface area contributed by atoms with Gasteiger partial charge >= 0.3 is 0 Å². The SMILES string of the molecule is CCNC(CC)Cc1ccc(C)cc1C. The zero-order chi connectivity index (χ0) is 11.3. The maximum atomic E-state index is 3.52. The van der Waals surface area contributed by atoms with Crippen molar-refractivity contribution in [3.8, 4) is 0 Å². The monoisotopic (exact) mass is 205 g/mol. The van der Waals surface area contributed by atoms with Crippen molar-refractivity contribution >= 4 is 0 Å². The van der Waals surface area contributed by atoms with Crippen LogP contribution in [0, 0.1) is 13.8 Å². The van der Waals surface area contributed by atoms with E-state index in [0.717, 1.165) is 13.0 Å². The maximum Gasteiger partial charge on any atom is 0.0105 e. The van der Waals surface area contributed by atoms with E-state index in [9.17, 15) is 0 Å². The second-order valence-corrected chi connectivity index (χ2v) is 4.30. The third kappa shape index (κ3) is 3.67. The molecule has 1 aromatic rings. The van der Waals surface area contributed by atoms with Crippen LogP contribution in [0.15, 0.2) is 18.2 Å². The van der Waals surface area contributed by atoms with Crippen LogP contribution in [-0.4, -0.2) is 12.6 Å². The summed E-state index contributed by atoms with van der Waals surface area (Å²) in [4.78, 5) is 0. The quantitative estimate of drug-likeness (QED) is 0.778. The molecule has 1 atom stereocenters. The van der Waals surface area contributed by atoms with Crippen LogP contribution in [0.3, 0.4) is 0 Å². The zero-order valence-electron chi connectivity index (χ0n) is 10.4. The lowest BCUT2D eigenvalue weighted by Crippen LogP contribution is -2.30. The second-order valence-electron chi connectivity index (χ2n) is 4.30. The Bertz CT molecular complexity index is 304. The molecule has 1 aromatic carbocycles. The Morgan fingerprint density at radius 1 is 1.20 bits per heavy atom. The second kappa shape index (κ2) is 5.92. The van der Waals surface area contributed by atoms with Gasteiger partial charge in [0.2, 0.25) is 0 Å². The lowest BCUT2D eigenvalue weighted by atomic mass is 9.98. The van der Waals surface area contributed by atoms with Gasteiger partial charge in [-0.1, -0.05) is 37.6 Å². The molecule has 0 saturated heterocycles. The highest BCUT2D eigenvalue weighted by Crippen LogP contribution is 2.13. The number of likely N-dealkylation sites (N-methyl/N-ethyl adjacent to an activating group) is 1. The number of hydrogen-bond donors (Lipinski definition) is 1. The van der Waals surface area contributed by atoms with Gasteiger partial charge in [0.05, 0.1) is 0 Å². The fourth-order valence-corrected chi connectivity index (χ4v) is 1.99. The van der Waals surface area contributed by atoms with E-state index < -0.39 is 0 Å². The largest absolute Gasteiger partial charge is 0.314 e. The van der Waals surface area contributed by atoms with E-state index in [1.165, 1.54) is 23.1 Å². The first-order chi connectivity index (χ1) is 7.17. The van der Waals surface area contributed by atoms with Crippen LogP contribution < -0.4 is 5.32 Å². The van der Waals surface area contributed by atoms with E-state index in [4.69, 9.17) is 0 Å². The van der Waals surface area contributed by atoms with E-state index in [1.807, 2.05) is 0 Å². The smallest absolute Gasteiger partial charge is 0.0105 e. The Labute approximate surface area is 93.9 Å². The van der Waals surface area contributed by atoms with Crippen LogP contribution >= 0.6 is 0 Å². The van der Waals surface area contributed by atoms with Gasteiger partial charge in [-0.2, -0.15) is 0 Å². The van der Waals surface area contributed by atoms with Gasteiger partial charge in [-0.05, 0) is 44.4 Å². The number of hydrogen-bond acceptors (Lipinski definition) is 1. The van der Waals surface area contributed by atoms with E-state index in [2.05, 4.69) is 51.2 Å². The average molecular weight is 205 g/mol. The number of nitrogens with one attached hydrogen (secondary N) is 1. The summed E-state index contributed by atoms with van der Waals surface area (Å²) in [5.74, 6) is 0. The lowest BCUT2D eigenvalue weighted by Gasteiger charge is -2.17. The molecule has 0 heterocycles. The fourth-order valence-electron chi connectivity index (χ4n) is 1.99. The highest BCUT2D eigenvalue weighted by atomic mass is 14.9. The summed E-state index contributed by atoms with van der Waals surface area (Å²) in [6, 6.07) is 7.37. The number of rotatable bonds is 5. The summed E-state index contributed by atoms with van der Waals surface area (Å²) in [5.41, 5.74) is 4.26. The van der Waals surface area contributed by atoms with Crippen LogP contribution in [0.25, 0.3) is 0 Å². The minimum atomic E-state index is 0.622. The molecular weight excluding hydrogens is 182 g/mol. The Morgan fingerprint density at radius 2 is 1.93 bits per heavy atom. The molecule has 84 valence electrons. The van der Waals surface area contributed by atoms with Crippen LogP contribution in [0.1, 0.15) is 37.0 Å². The van der Waals surface area contributed by atoms with Crippen molar-refractivity contribution in [2.45, 2.75) is 46.6 Å². The molecule has 0 amide bonds. The first-order valence-corrected chi connectivity index (χ1v) is 5.96. The molecule has 0 aliphatic heterocycles. The predicted molar refractivity (Wildman–Crippen MR) is 67.4 cm³/mol. The van der Waals surface area contributed by atoms with Crippen LogP contribution in [-0.2, 0) is 6.42 Å². The molecule has 0 fully saturated rings. The van der Waals surface area contributed by atoms with Crippen molar-refractivity contribution in [3.05, 3.63) is 34.9 Å². The summed E-state index contributed by atoms with van der Waals surface area (Å²) in [5, 5.41) is 3.52. The predicted octanol–water partition coefficient (Wildman–Crippen LogP) is 3.23. The van der Waals surface area contributed by atoms with Crippen molar-refractivity contribution in [1.82, 2.24) is 5.32 Å². The van der Waals surface area contributed by atoms with Crippen molar-refractivity contribution in [1.29, 1.82) is 0 Å². The summed E-state index contributed by atoms with van der Waals surface area (Å²) < 4.78 is 0. The fraction of sp³-hybridized carbons (Fsp3) is 0.571. The van der Waals surface area contributed by atoms with Crippen LogP contribution in [0.5, 0.6) is 0 Å². The lowest BCUT2D eigenvalue weighted by molar-refractivity contribution is 0.509. The van der Waals surface area contributed by atoms with Gasteiger partial charge in [-0.15, -0.1) is 0 Å². The molecule has 0 aromatic heterocycles. The molecule has 1 N–H and O–H groups in total. The van der Waals surface area contributed by atoms with Crippen molar-refractivity contribution in [2.75, 3.05) is 6.54 Å². The van der Waals surface area contributed by atoms with E-state index in [1.54, 1.807) is 0 Å². The third-order valence-electron chi connectivity index (χ3n) is 2.95. The Balaban J connectivity index is 2.70. The van der Waals surface area contributed by atoms with E-state index in [-0.39, 0.29) is 0 Å². The van der Waals surface area contributed by atoms with Gasteiger partial charge in [0, 0.05) is 6.04 Å². The van der Waals surface area contributed by atoms with Crippen molar-refractivity contribution < 1.29 is 0 Å². The molecule has 0 spiro atoms. The molecule has 0 bridgehead atoms. The van der Waals surface area contributed by atoms with Crippen molar-refractivity contribution in [3.63, 3.8) is 0 Å². The standard InChI is InChI=1S/C14H23N/c1-5-14(15-6-2)10-13-8-7-11(3)9-12(13)4/h7-9,14-15H,5-6,10H2,1-4H3. The third-order valence-corrected chi connectivity index (χ3v) is 2.95. The molecule has 0 aliphatic carbocycles. The Kier molecular flexibility index (Phi) is 4.83. The Morgan fingerprint density at radius 3 is 2.47 bits per heavy atom. The van der Waals surface area contributed by atoms with Gasteiger partial charge < -0.3 is 5.32 Å². The topological polar surface area (TPSA) is 12.0 Å². The summed E-state index contributed by atoms with van der Waals surface area (Å²) in [7, 11) is 0. The molecular formula is C14H23N. The van der Waals surface area contributed by atoms with Crippen LogP contribution in [0.2, 0.25) is 0 Å². The van der Waals surface area contributed by atoms with Gasteiger partial charge in [0.1, 0.15) is 0 Å². The summed E-state index contributed by atoms with van der Waals surface area (Å²) in [6.07, 6.45) is 2.34. The highest BCUT2D eigenvalue weighted by molar-refractivity contribution is 5.30. The van der Waals surface area contributed by atoms with Crippen LogP contribution in [0.4, 0.5) is 0 Å². The zero-order valence-corrected chi connectivity index (χ0v) is 10.4. The summed E-state index contributed by atoms with van der Waals surface area (Å²) in [6.45, 7) is 9.84. The van der Waals surface area contributed by atoms with Gasteiger partial charge in [-0.3, -0.25) is 0 Å². The van der Waals surface area contributed by atoms with Gasteiger partial charge in [0.25, 0.3) is 0 Å². The minimum Gasteiger partial charge on any atom is -0.314 e. The van der Waals surface area contributed by atoms with Gasteiger partial charge in [0.15, 0.2) is 0 Å². The molecule has 0 radical (unpaired) electrons. The molecule has 1 rings (SSSR count). The summed E-state index contributed by atoms with van der Waals surface area (Å²) >= 11 is 0.